The van der Waals surface area contributed by atoms with Crippen LogP contribution < -0.4 is 16.4 Å². The van der Waals surface area contributed by atoms with E-state index in [1.54, 1.807) is 4.90 Å². The highest BCUT2D eigenvalue weighted by Crippen LogP contribution is 2.41. The Morgan fingerprint density at radius 1 is 1.20 bits per heavy atom. The van der Waals surface area contributed by atoms with Crippen molar-refractivity contribution in [3.05, 3.63) is 34.9 Å². The van der Waals surface area contributed by atoms with E-state index in [-0.39, 0.29) is 35.3 Å². The van der Waals surface area contributed by atoms with Crippen LogP contribution in [0.25, 0.3) is 0 Å². The number of nitrogens with two attached hydrogens (primary N) is 1. The molecule has 160 valence electrons. The van der Waals surface area contributed by atoms with Crippen LogP contribution in [0.15, 0.2) is 18.2 Å². The minimum absolute atomic E-state index is 0.101. The number of rotatable bonds is 5. The number of nitrogens with zero attached hydrogens (tertiary/aromatic N) is 1. The summed E-state index contributed by atoms with van der Waals surface area (Å²) in [6.07, 6.45) is 4.68. The van der Waals surface area contributed by atoms with Crippen LogP contribution in [0.4, 0.5) is 0 Å². The molecule has 0 spiro atoms. The average molecular weight is 412 g/mol. The molecule has 1 aromatic rings. The summed E-state index contributed by atoms with van der Waals surface area (Å²) in [5, 5.41) is 5.86. The van der Waals surface area contributed by atoms with Gasteiger partial charge in [-0.05, 0) is 49.3 Å². The summed E-state index contributed by atoms with van der Waals surface area (Å²) in [5.74, 6) is -0.790. The number of carbonyl (C=O) groups is 3. The zero-order valence-corrected chi connectivity index (χ0v) is 17.0. The third kappa shape index (κ3) is 3.42. The number of amides is 3. The molecular formula is C22H28N4O4. The number of carbonyl (C=O) groups excluding carboxylic acids is 3. The number of nitrogens with one attached hydrogen (secondary N) is 2. The second-order valence-electron chi connectivity index (χ2n) is 9.33. The summed E-state index contributed by atoms with van der Waals surface area (Å²) in [4.78, 5) is 37.9. The van der Waals surface area contributed by atoms with Crippen molar-refractivity contribution in [2.75, 3.05) is 13.2 Å². The van der Waals surface area contributed by atoms with Crippen molar-refractivity contribution >= 4 is 17.7 Å². The van der Waals surface area contributed by atoms with Gasteiger partial charge in [-0.1, -0.05) is 12.1 Å². The molecule has 8 heteroatoms. The third-order valence-electron chi connectivity index (χ3n) is 7.19. The molecule has 8 nitrogen and oxygen atoms in total. The molecule has 5 aliphatic rings. The van der Waals surface area contributed by atoms with Gasteiger partial charge in [-0.3, -0.25) is 19.7 Å². The molecule has 3 saturated heterocycles. The number of benzene rings is 1. The van der Waals surface area contributed by atoms with Crippen LogP contribution in [0.3, 0.4) is 0 Å². The van der Waals surface area contributed by atoms with Gasteiger partial charge in [0.2, 0.25) is 11.8 Å². The summed E-state index contributed by atoms with van der Waals surface area (Å²) >= 11 is 0. The molecule has 6 rings (SSSR count). The van der Waals surface area contributed by atoms with Crippen LogP contribution in [-0.4, -0.2) is 53.0 Å². The predicted octanol–water partition coefficient (Wildman–Crippen LogP) is 0.578. The first kappa shape index (κ1) is 19.7. The van der Waals surface area contributed by atoms with Gasteiger partial charge in [0.05, 0.1) is 12.2 Å². The van der Waals surface area contributed by atoms with E-state index in [4.69, 9.17) is 10.5 Å². The number of ether oxygens (including phenoxy) is 1. The van der Waals surface area contributed by atoms with Crippen molar-refractivity contribution in [2.24, 2.45) is 5.73 Å². The SMILES string of the molecule is NC12CCC(CNCc3ccc4c(c3)CN(C3CCC(=O)NC3=O)C4=O)(CC1)OC2. The van der Waals surface area contributed by atoms with Crippen LogP contribution in [0.5, 0.6) is 0 Å². The highest BCUT2D eigenvalue weighted by atomic mass is 16.5. The van der Waals surface area contributed by atoms with Gasteiger partial charge in [0, 0.05) is 37.2 Å². The van der Waals surface area contributed by atoms with Crippen LogP contribution in [-0.2, 0) is 27.4 Å². The summed E-state index contributed by atoms with van der Waals surface area (Å²) in [6.45, 7) is 2.53. The van der Waals surface area contributed by atoms with E-state index in [2.05, 4.69) is 10.6 Å². The average Bonchev–Trinajstić information content (AvgIpc) is 3.05. The van der Waals surface area contributed by atoms with Crippen LogP contribution >= 0.6 is 0 Å². The Kier molecular flexibility index (Phi) is 4.68. The molecule has 4 aliphatic heterocycles. The fourth-order valence-corrected chi connectivity index (χ4v) is 5.19. The fourth-order valence-electron chi connectivity index (χ4n) is 5.19. The Hall–Kier alpha value is -2.29. The van der Waals surface area contributed by atoms with Crippen molar-refractivity contribution in [3.63, 3.8) is 0 Å². The molecule has 1 atom stereocenters. The molecule has 0 aromatic heterocycles. The first-order chi connectivity index (χ1) is 14.4. The van der Waals surface area contributed by atoms with Gasteiger partial charge in [-0.25, -0.2) is 0 Å². The van der Waals surface area contributed by atoms with Gasteiger partial charge in [-0.15, -0.1) is 0 Å². The van der Waals surface area contributed by atoms with Crippen molar-refractivity contribution in [1.82, 2.24) is 15.5 Å². The minimum Gasteiger partial charge on any atom is -0.372 e. The maximum Gasteiger partial charge on any atom is 0.255 e. The van der Waals surface area contributed by atoms with E-state index in [0.717, 1.165) is 43.4 Å². The van der Waals surface area contributed by atoms with Gasteiger partial charge >= 0.3 is 0 Å². The van der Waals surface area contributed by atoms with E-state index in [1.807, 2.05) is 18.2 Å². The Morgan fingerprint density at radius 2 is 2.00 bits per heavy atom. The molecule has 3 amide bonds. The number of fused-ring (bicyclic) bond motifs is 4. The highest BCUT2D eigenvalue weighted by Gasteiger charge is 2.47. The van der Waals surface area contributed by atoms with Gasteiger partial charge in [-0.2, -0.15) is 0 Å². The molecule has 1 unspecified atom stereocenters. The van der Waals surface area contributed by atoms with Crippen LogP contribution in [0.1, 0.15) is 60.0 Å². The minimum atomic E-state index is -0.576. The molecule has 1 saturated carbocycles. The Bertz CT molecular complexity index is 890. The van der Waals surface area contributed by atoms with E-state index < -0.39 is 6.04 Å². The first-order valence-corrected chi connectivity index (χ1v) is 10.8. The summed E-state index contributed by atoms with van der Waals surface area (Å²) in [6, 6.07) is 5.27. The molecular weight excluding hydrogens is 384 g/mol. The summed E-state index contributed by atoms with van der Waals surface area (Å²) in [5.41, 5.74) is 8.75. The summed E-state index contributed by atoms with van der Waals surface area (Å²) < 4.78 is 6.09. The summed E-state index contributed by atoms with van der Waals surface area (Å²) in [7, 11) is 0. The number of imide groups is 1. The van der Waals surface area contributed by atoms with Crippen molar-refractivity contribution < 1.29 is 19.1 Å². The molecule has 1 aromatic carbocycles. The maximum absolute atomic E-state index is 12.8. The van der Waals surface area contributed by atoms with E-state index in [9.17, 15) is 14.4 Å². The van der Waals surface area contributed by atoms with Gasteiger partial charge in [0.15, 0.2) is 0 Å². The lowest BCUT2D eigenvalue weighted by molar-refractivity contribution is -0.150. The zero-order chi connectivity index (χ0) is 20.9. The monoisotopic (exact) mass is 412 g/mol. The Balaban J connectivity index is 1.21. The molecule has 1 aliphatic carbocycles. The number of piperidine rings is 1. The van der Waals surface area contributed by atoms with Crippen LogP contribution in [0, 0.1) is 0 Å². The van der Waals surface area contributed by atoms with E-state index in [1.165, 1.54) is 0 Å². The molecule has 4 heterocycles. The predicted molar refractivity (Wildman–Crippen MR) is 108 cm³/mol. The first-order valence-electron chi connectivity index (χ1n) is 10.8. The second-order valence-corrected chi connectivity index (χ2v) is 9.33. The molecule has 0 radical (unpaired) electrons. The fraction of sp³-hybridized carbons (Fsp3) is 0.591. The lowest BCUT2D eigenvalue weighted by atomic mass is 9.71. The van der Waals surface area contributed by atoms with Crippen molar-refractivity contribution in [3.8, 4) is 0 Å². The third-order valence-corrected chi connectivity index (χ3v) is 7.19. The van der Waals surface area contributed by atoms with Gasteiger partial charge < -0.3 is 20.7 Å². The maximum atomic E-state index is 12.8. The Labute approximate surface area is 175 Å². The standard InChI is InChI=1S/C22H28N4O4/c23-21-5-7-22(8-6-21,30-13-21)12-24-10-14-1-2-16-15(9-14)11-26(20(16)29)17-3-4-18(27)25-19(17)28/h1-2,9,17,24H,3-8,10-13,23H2,(H,25,27,28). The zero-order valence-electron chi connectivity index (χ0n) is 17.0. The van der Waals surface area contributed by atoms with Crippen molar-refractivity contribution in [2.45, 2.75) is 68.8 Å². The molecule has 4 fully saturated rings. The molecule has 30 heavy (non-hydrogen) atoms. The van der Waals surface area contributed by atoms with E-state index in [0.29, 0.717) is 31.7 Å². The topological polar surface area (TPSA) is 114 Å². The van der Waals surface area contributed by atoms with E-state index >= 15 is 0 Å². The van der Waals surface area contributed by atoms with Gasteiger partial charge in [0.1, 0.15) is 6.04 Å². The molecule has 4 N–H and O–H groups in total. The smallest absolute Gasteiger partial charge is 0.255 e. The number of hydrogen-bond donors (Lipinski definition) is 3. The van der Waals surface area contributed by atoms with Gasteiger partial charge in [0.25, 0.3) is 5.91 Å². The lowest BCUT2D eigenvalue weighted by Gasteiger charge is -2.51. The largest absolute Gasteiger partial charge is 0.372 e. The quantitative estimate of drug-likeness (QED) is 0.610. The van der Waals surface area contributed by atoms with Crippen LogP contribution in [0.2, 0.25) is 0 Å². The highest BCUT2D eigenvalue weighted by molar-refractivity contribution is 6.05. The van der Waals surface area contributed by atoms with Crippen molar-refractivity contribution in [1.29, 1.82) is 0 Å². The molecule has 2 bridgehead atoms. The normalized spacial score (nSPS) is 33.0. The lowest BCUT2D eigenvalue weighted by Crippen LogP contribution is -2.62. The number of hydrogen-bond acceptors (Lipinski definition) is 6. The Morgan fingerprint density at radius 3 is 2.70 bits per heavy atom. The second kappa shape index (κ2) is 7.14.